The Kier molecular flexibility index (Phi) is 6.79. The molecule has 0 radical (unpaired) electrons. The lowest BCUT2D eigenvalue weighted by Crippen LogP contribution is -2.24. The molecule has 25 heavy (non-hydrogen) atoms. The largest absolute Gasteiger partial charge is 0.496 e. The summed E-state index contributed by atoms with van der Waals surface area (Å²) in [5, 5.41) is 1.15. The highest BCUT2D eigenvalue weighted by atomic mass is 31.1. The van der Waals surface area contributed by atoms with E-state index < -0.39 is 0 Å². The second kappa shape index (κ2) is 8.63. The van der Waals surface area contributed by atoms with E-state index in [9.17, 15) is 4.79 Å². The first-order valence-electron chi connectivity index (χ1n) is 8.98. The molecule has 2 rings (SSSR count). The number of hydrogen-bond acceptors (Lipinski definition) is 2. The minimum absolute atomic E-state index is 0.000862. The van der Waals surface area contributed by atoms with E-state index in [0.29, 0.717) is 8.58 Å². The monoisotopic (exact) mass is 356 g/mol. The van der Waals surface area contributed by atoms with Gasteiger partial charge in [0.05, 0.1) is 7.11 Å². The molecule has 2 nitrogen and oxygen atoms in total. The predicted octanol–water partition coefficient (Wildman–Crippen LogP) is 5.53. The van der Waals surface area contributed by atoms with E-state index in [-0.39, 0.29) is 5.16 Å². The minimum Gasteiger partial charge on any atom is -0.496 e. The number of ether oxygens (including phenoxy) is 1. The van der Waals surface area contributed by atoms with Crippen LogP contribution in [0.2, 0.25) is 0 Å². The van der Waals surface area contributed by atoms with Crippen molar-refractivity contribution in [3.05, 3.63) is 58.7 Å². The fourth-order valence-corrected chi connectivity index (χ4v) is 5.33. The first kappa shape index (κ1) is 19.7. The first-order chi connectivity index (χ1) is 12.0. The van der Waals surface area contributed by atoms with Gasteiger partial charge in [-0.2, -0.15) is 0 Å². The molecule has 0 aliphatic rings. The molecule has 2 unspecified atom stereocenters. The van der Waals surface area contributed by atoms with Crippen molar-refractivity contribution >= 4 is 20.2 Å². The van der Waals surface area contributed by atoms with Crippen LogP contribution in [0.4, 0.5) is 0 Å². The van der Waals surface area contributed by atoms with Gasteiger partial charge in [0.25, 0.3) is 0 Å². The van der Waals surface area contributed by atoms with Crippen LogP contribution in [0.15, 0.2) is 36.4 Å². The van der Waals surface area contributed by atoms with Gasteiger partial charge in [-0.1, -0.05) is 64.2 Å². The van der Waals surface area contributed by atoms with Gasteiger partial charge in [-0.3, -0.25) is 4.79 Å². The number of carbonyl (C=O) groups excluding carboxylic acids is 1. The molecular weight excluding hydrogens is 327 g/mol. The van der Waals surface area contributed by atoms with Gasteiger partial charge in [0.1, 0.15) is 5.75 Å². The molecule has 0 spiro atoms. The zero-order chi connectivity index (χ0) is 18.4. The highest BCUT2D eigenvalue weighted by Crippen LogP contribution is 2.51. The molecule has 3 heteroatoms. The van der Waals surface area contributed by atoms with Crippen LogP contribution in [-0.2, 0) is 5.16 Å². The van der Waals surface area contributed by atoms with Gasteiger partial charge in [-0.15, -0.1) is 0 Å². The Morgan fingerprint density at radius 1 is 1.08 bits per heavy atom. The van der Waals surface area contributed by atoms with Gasteiger partial charge in [0, 0.05) is 16.3 Å². The summed E-state index contributed by atoms with van der Waals surface area (Å²) in [6.07, 6.45) is 4.19. The molecule has 0 aromatic heterocycles. The maximum absolute atomic E-state index is 11.6. The molecule has 0 N–H and O–H groups in total. The molecule has 0 saturated carbocycles. The third-order valence-corrected chi connectivity index (χ3v) is 6.93. The average molecular weight is 356 g/mol. The van der Waals surface area contributed by atoms with Crippen LogP contribution in [0.1, 0.15) is 60.2 Å². The van der Waals surface area contributed by atoms with Crippen molar-refractivity contribution in [2.45, 2.75) is 52.1 Å². The van der Waals surface area contributed by atoms with Gasteiger partial charge < -0.3 is 4.74 Å². The Hall–Kier alpha value is -1.66. The fourth-order valence-electron chi connectivity index (χ4n) is 3.49. The summed E-state index contributed by atoms with van der Waals surface area (Å²) >= 11 is 0. The van der Waals surface area contributed by atoms with Crippen LogP contribution in [0, 0.1) is 13.8 Å². The van der Waals surface area contributed by atoms with E-state index >= 15 is 0 Å². The van der Waals surface area contributed by atoms with E-state index in [1.807, 2.05) is 13.0 Å². The van der Waals surface area contributed by atoms with Crippen molar-refractivity contribution in [3.8, 4) is 5.75 Å². The van der Waals surface area contributed by atoms with Crippen LogP contribution >= 0.6 is 8.58 Å². The Morgan fingerprint density at radius 3 is 2.36 bits per heavy atom. The van der Waals surface area contributed by atoms with Crippen LogP contribution < -0.4 is 10.0 Å². The minimum atomic E-state index is -0.000862. The molecule has 2 aromatic carbocycles. The standard InChI is InChI=1S/C22H29O2P/c1-6-12-22(7-2,19-14-17(4)8-10-20(19)24-5)25-21-11-9-16(3)13-18(21)15-23/h8-11,13-15,25H,6-7,12H2,1-5H3. The first-order valence-corrected chi connectivity index (χ1v) is 9.98. The van der Waals surface area contributed by atoms with Crippen LogP contribution in [0.25, 0.3) is 0 Å². The van der Waals surface area contributed by atoms with E-state index in [4.69, 9.17) is 4.74 Å². The lowest BCUT2D eigenvalue weighted by molar-refractivity contribution is 0.112. The molecule has 0 aliphatic carbocycles. The van der Waals surface area contributed by atoms with Gasteiger partial charge in [0.15, 0.2) is 6.29 Å². The Labute approximate surface area is 153 Å². The van der Waals surface area contributed by atoms with Gasteiger partial charge >= 0.3 is 0 Å². The molecule has 2 aromatic rings. The molecule has 0 bridgehead atoms. The zero-order valence-corrected chi connectivity index (χ0v) is 17.0. The highest BCUT2D eigenvalue weighted by Gasteiger charge is 2.33. The van der Waals surface area contributed by atoms with Crippen LogP contribution in [-0.4, -0.2) is 13.4 Å². The molecule has 0 aliphatic heterocycles. The van der Waals surface area contributed by atoms with Gasteiger partial charge in [0.2, 0.25) is 0 Å². The Morgan fingerprint density at radius 2 is 1.76 bits per heavy atom. The van der Waals surface area contributed by atoms with E-state index in [2.05, 4.69) is 51.1 Å². The number of benzene rings is 2. The SMILES string of the molecule is CCCC(CC)(Pc1ccc(C)cc1C=O)c1cc(C)ccc1OC. The van der Waals surface area contributed by atoms with Crippen molar-refractivity contribution in [3.63, 3.8) is 0 Å². The van der Waals surface area contributed by atoms with E-state index in [1.54, 1.807) is 7.11 Å². The number of aryl methyl sites for hydroxylation is 2. The predicted molar refractivity (Wildman–Crippen MR) is 109 cm³/mol. The summed E-state index contributed by atoms with van der Waals surface area (Å²) in [4.78, 5) is 11.6. The molecular formula is C22H29O2P. The van der Waals surface area contributed by atoms with Crippen molar-refractivity contribution in [2.24, 2.45) is 0 Å². The topological polar surface area (TPSA) is 26.3 Å². The van der Waals surface area contributed by atoms with Crippen molar-refractivity contribution in [1.82, 2.24) is 0 Å². The van der Waals surface area contributed by atoms with Crippen LogP contribution in [0.3, 0.4) is 0 Å². The van der Waals surface area contributed by atoms with E-state index in [0.717, 1.165) is 47.7 Å². The number of hydrogen-bond donors (Lipinski definition) is 0. The zero-order valence-electron chi connectivity index (χ0n) is 16.0. The summed E-state index contributed by atoms with van der Waals surface area (Å²) in [5.74, 6) is 0.952. The summed E-state index contributed by atoms with van der Waals surface area (Å²) in [5.41, 5.74) is 4.46. The van der Waals surface area contributed by atoms with Crippen molar-refractivity contribution < 1.29 is 9.53 Å². The lowest BCUT2D eigenvalue weighted by Gasteiger charge is -2.35. The molecule has 0 heterocycles. The summed E-state index contributed by atoms with van der Waals surface area (Å²) in [7, 11) is 2.28. The Bertz CT molecular complexity index is 739. The van der Waals surface area contributed by atoms with Crippen molar-refractivity contribution in [1.29, 1.82) is 0 Å². The number of rotatable bonds is 8. The number of carbonyl (C=O) groups is 1. The highest BCUT2D eigenvalue weighted by molar-refractivity contribution is 7.48. The normalized spacial score (nSPS) is 13.8. The quantitative estimate of drug-likeness (QED) is 0.459. The molecule has 134 valence electrons. The van der Waals surface area contributed by atoms with E-state index in [1.165, 1.54) is 11.1 Å². The smallest absolute Gasteiger partial charge is 0.150 e. The maximum Gasteiger partial charge on any atom is 0.150 e. The Balaban J connectivity index is 2.59. The molecule has 0 fully saturated rings. The summed E-state index contributed by atoms with van der Waals surface area (Å²) < 4.78 is 5.70. The van der Waals surface area contributed by atoms with Crippen molar-refractivity contribution in [2.75, 3.05) is 7.11 Å². The third-order valence-electron chi connectivity index (χ3n) is 4.86. The fraction of sp³-hybridized carbons (Fsp3) is 0.409. The maximum atomic E-state index is 11.6. The second-order valence-corrected chi connectivity index (χ2v) is 8.47. The summed E-state index contributed by atoms with van der Waals surface area (Å²) in [6, 6.07) is 12.7. The molecule has 0 saturated heterocycles. The lowest BCUT2D eigenvalue weighted by atomic mass is 9.89. The van der Waals surface area contributed by atoms with Gasteiger partial charge in [-0.25, -0.2) is 0 Å². The van der Waals surface area contributed by atoms with Gasteiger partial charge in [-0.05, 0) is 44.1 Å². The molecule has 0 amide bonds. The third kappa shape index (κ3) is 4.30. The van der Waals surface area contributed by atoms with Crippen LogP contribution in [0.5, 0.6) is 5.75 Å². The second-order valence-electron chi connectivity index (χ2n) is 6.72. The average Bonchev–Trinajstić information content (AvgIpc) is 2.62. The number of methoxy groups -OCH3 is 1. The summed E-state index contributed by atoms with van der Waals surface area (Å²) in [6.45, 7) is 8.63. The molecule has 2 atom stereocenters. The number of aldehydes is 1.